The van der Waals surface area contributed by atoms with Crippen molar-refractivity contribution >= 4 is 17.6 Å². The predicted octanol–water partition coefficient (Wildman–Crippen LogP) is 2.94. The van der Waals surface area contributed by atoms with E-state index in [0.717, 1.165) is 0 Å². The quantitative estimate of drug-likeness (QED) is 0.769. The van der Waals surface area contributed by atoms with Gasteiger partial charge in [0.2, 0.25) is 5.88 Å². The Morgan fingerprint density at radius 3 is 2.56 bits per heavy atom. The van der Waals surface area contributed by atoms with Crippen molar-refractivity contribution in [1.82, 2.24) is 4.98 Å². The summed E-state index contributed by atoms with van der Waals surface area (Å²) in [5, 5.41) is 0.298. The van der Waals surface area contributed by atoms with E-state index in [1.165, 1.54) is 19.4 Å². The van der Waals surface area contributed by atoms with Crippen molar-refractivity contribution in [1.29, 1.82) is 0 Å². The molecule has 5 heteroatoms. The third-order valence-electron chi connectivity index (χ3n) is 1.58. The smallest absolute Gasteiger partial charge is 0.339 e. The summed E-state index contributed by atoms with van der Waals surface area (Å²) in [7, 11) is 1.30. The van der Waals surface area contributed by atoms with Crippen molar-refractivity contribution in [3.05, 3.63) is 22.8 Å². The van der Waals surface area contributed by atoms with Crippen LogP contribution in [0.25, 0.3) is 0 Å². The van der Waals surface area contributed by atoms with Gasteiger partial charge in [0.15, 0.2) is 0 Å². The molecule has 1 aromatic rings. The number of rotatable bonds is 3. The van der Waals surface area contributed by atoms with E-state index in [4.69, 9.17) is 16.3 Å². The summed E-state index contributed by atoms with van der Waals surface area (Å²) in [5.74, 6) is -0.153. The van der Waals surface area contributed by atoms with E-state index in [0.29, 0.717) is 16.5 Å². The summed E-state index contributed by atoms with van der Waals surface area (Å²) in [5.41, 5.74) is 0.304. The minimum Gasteiger partial charge on any atom is -0.474 e. The fraction of sp³-hybridized carbons (Fsp3) is 0.455. The minimum absolute atomic E-state index is 0. The largest absolute Gasteiger partial charge is 0.474 e. The van der Waals surface area contributed by atoms with Crippen molar-refractivity contribution in [2.45, 2.75) is 27.4 Å². The number of ether oxygens (including phenoxy) is 2. The first-order valence-electron chi connectivity index (χ1n) is 4.45. The summed E-state index contributed by atoms with van der Waals surface area (Å²) in [4.78, 5) is 15.1. The molecule has 0 radical (unpaired) electrons. The van der Waals surface area contributed by atoms with Gasteiger partial charge >= 0.3 is 5.97 Å². The van der Waals surface area contributed by atoms with E-state index < -0.39 is 5.97 Å². The van der Waals surface area contributed by atoms with Gasteiger partial charge in [0.05, 0.1) is 18.8 Å². The van der Waals surface area contributed by atoms with Crippen LogP contribution in [0.15, 0.2) is 12.3 Å². The molecule has 1 rings (SSSR count). The third kappa shape index (κ3) is 3.70. The van der Waals surface area contributed by atoms with Crippen LogP contribution in [0, 0.1) is 0 Å². The normalized spacial score (nSPS) is 9.56. The molecule has 1 aromatic heterocycles. The van der Waals surface area contributed by atoms with Crippen LogP contribution in [0.4, 0.5) is 0 Å². The second-order valence-corrected chi connectivity index (χ2v) is 3.58. The Morgan fingerprint density at radius 2 is 2.12 bits per heavy atom. The first-order chi connectivity index (χ1) is 7.04. The number of aromatic nitrogens is 1. The van der Waals surface area contributed by atoms with Crippen LogP contribution in [0.2, 0.25) is 5.02 Å². The van der Waals surface area contributed by atoms with Crippen LogP contribution in [0.1, 0.15) is 31.6 Å². The average Bonchev–Trinajstić information content (AvgIpc) is 2.19. The topological polar surface area (TPSA) is 48.4 Å². The van der Waals surface area contributed by atoms with Gasteiger partial charge in [0.1, 0.15) is 5.02 Å². The minimum atomic E-state index is -0.472. The van der Waals surface area contributed by atoms with E-state index in [9.17, 15) is 4.79 Å². The van der Waals surface area contributed by atoms with Gasteiger partial charge in [-0.25, -0.2) is 9.78 Å². The molecule has 0 saturated heterocycles. The molecular formula is C11H16ClNO3. The zero-order valence-corrected chi connectivity index (χ0v) is 9.54. The van der Waals surface area contributed by atoms with Gasteiger partial charge in [0.25, 0.3) is 0 Å². The Hall–Kier alpha value is -1.29. The lowest BCUT2D eigenvalue weighted by Crippen LogP contribution is -2.08. The summed E-state index contributed by atoms with van der Waals surface area (Å²) in [6.07, 6.45) is 1.36. The van der Waals surface area contributed by atoms with Gasteiger partial charge in [-0.3, -0.25) is 0 Å². The SMILES string of the molecule is C.COC(=O)c1cnc(OC(C)C)c(Cl)c1. The van der Waals surface area contributed by atoms with Crippen LogP contribution in [-0.2, 0) is 4.74 Å². The number of carbonyl (C=O) groups excluding carboxylic acids is 1. The molecule has 0 bridgehead atoms. The Morgan fingerprint density at radius 1 is 1.50 bits per heavy atom. The maximum Gasteiger partial charge on any atom is 0.339 e. The van der Waals surface area contributed by atoms with Crippen LogP contribution in [0.3, 0.4) is 0 Å². The van der Waals surface area contributed by atoms with E-state index in [1.807, 2.05) is 13.8 Å². The number of nitrogens with zero attached hydrogens (tertiary/aromatic N) is 1. The number of pyridine rings is 1. The van der Waals surface area contributed by atoms with Crippen molar-refractivity contribution in [2.75, 3.05) is 7.11 Å². The fourth-order valence-electron chi connectivity index (χ4n) is 0.965. The monoisotopic (exact) mass is 245 g/mol. The Balaban J connectivity index is 0.00000225. The molecule has 0 amide bonds. The van der Waals surface area contributed by atoms with E-state index in [2.05, 4.69) is 9.72 Å². The molecule has 0 spiro atoms. The summed E-state index contributed by atoms with van der Waals surface area (Å²) < 4.78 is 9.85. The van der Waals surface area contributed by atoms with Crippen LogP contribution < -0.4 is 4.74 Å². The molecule has 90 valence electrons. The summed E-state index contributed by atoms with van der Waals surface area (Å²) in [6, 6.07) is 1.47. The van der Waals surface area contributed by atoms with Crippen molar-refractivity contribution < 1.29 is 14.3 Å². The first-order valence-corrected chi connectivity index (χ1v) is 4.83. The molecule has 0 aliphatic carbocycles. The molecular weight excluding hydrogens is 230 g/mol. The molecule has 1 heterocycles. The Labute approximate surface area is 101 Å². The van der Waals surface area contributed by atoms with Crippen LogP contribution in [-0.4, -0.2) is 24.2 Å². The lowest BCUT2D eigenvalue weighted by molar-refractivity contribution is 0.0600. The Kier molecular flexibility index (Phi) is 5.82. The maximum absolute atomic E-state index is 11.1. The standard InChI is InChI=1S/C10H12ClNO3.CH4/c1-6(2)15-9-8(11)4-7(5-12-9)10(13)14-3;/h4-6H,1-3H3;1H4. The van der Waals surface area contributed by atoms with Crippen molar-refractivity contribution in [2.24, 2.45) is 0 Å². The highest BCUT2D eigenvalue weighted by atomic mass is 35.5. The fourth-order valence-corrected chi connectivity index (χ4v) is 1.18. The van der Waals surface area contributed by atoms with Gasteiger partial charge in [-0.1, -0.05) is 19.0 Å². The molecule has 0 saturated carbocycles. The molecule has 0 atom stereocenters. The van der Waals surface area contributed by atoms with E-state index in [-0.39, 0.29) is 13.5 Å². The second kappa shape index (κ2) is 6.33. The number of hydrogen-bond donors (Lipinski definition) is 0. The number of methoxy groups -OCH3 is 1. The summed E-state index contributed by atoms with van der Waals surface area (Å²) in [6.45, 7) is 3.73. The highest BCUT2D eigenvalue weighted by Gasteiger charge is 2.11. The highest BCUT2D eigenvalue weighted by molar-refractivity contribution is 6.32. The first kappa shape index (κ1) is 14.7. The number of hydrogen-bond acceptors (Lipinski definition) is 4. The van der Waals surface area contributed by atoms with Crippen LogP contribution in [0.5, 0.6) is 5.88 Å². The average molecular weight is 246 g/mol. The van der Waals surface area contributed by atoms with Gasteiger partial charge in [0, 0.05) is 6.20 Å². The molecule has 0 fully saturated rings. The van der Waals surface area contributed by atoms with E-state index >= 15 is 0 Å². The lowest BCUT2D eigenvalue weighted by atomic mass is 10.3. The molecule has 4 nitrogen and oxygen atoms in total. The number of carbonyl (C=O) groups is 1. The zero-order valence-electron chi connectivity index (χ0n) is 8.78. The Bertz CT molecular complexity index is 366. The van der Waals surface area contributed by atoms with Gasteiger partial charge in [-0.15, -0.1) is 0 Å². The predicted molar refractivity (Wildman–Crippen MR) is 63.1 cm³/mol. The molecule has 0 unspecified atom stereocenters. The van der Waals surface area contributed by atoms with E-state index in [1.54, 1.807) is 0 Å². The molecule has 16 heavy (non-hydrogen) atoms. The third-order valence-corrected chi connectivity index (χ3v) is 1.85. The number of halogens is 1. The molecule has 0 aromatic carbocycles. The second-order valence-electron chi connectivity index (χ2n) is 3.17. The lowest BCUT2D eigenvalue weighted by Gasteiger charge is -2.10. The number of esters is 1. The maximum atomic E-state index is 11.1. The van der Waals surface area contributed by atoms with Gasteiger partial charge in [-0.2, -0.15) is 0 Å². The van der Waals surface area contributed by atoms with Gasteiger partial charge < -0.3 is 9.47 Å². The van der Waals surface area contributed by atoms with Crippen molar-refractivity contribution in [3.8, 4) is 5.88 Å². The molecule has 0 aliphatic heterocycles. The van der Waals surface area contributed by atoms with Crippen LogP contribution >= 0.6 is 11.6 Å². The van der Waals surface area contributed by atoms with Crippen molar-refractivity contribution in [3.63, 3.8) is 0 Å². The highest BCUT2D eigenvalue weighted by Crippen LogP contribution is 2.23. The molecule has 0 aliphatic rings. The molecule has 0 N–H and O–H groups in total. The zero-order chi connectivity index (χ0) is 11.4. The van der Waals surface area contributed by atoms with Gasteiger partial charge in [-0.05, 0) is 19.9 Å². The summed E-state index contributed by atoms with van der Waals surface area (Å²) >= 11 is 5.88.